The topological polar surface area (TPSA) is 108 Å². The molecule has 0 spiro atoms. The van der Waals surface area contributed by atoms with Crippen molar-refractivity contribution in [3.05, 3.63) is 12.2 Å². The minimum absolute atomic E-state index is 0.0161. The molecule has 0 bridgehead atoms. The minimum atomic E-state index is -4.58. The van der Waals surface area contributed by atoms with Crippen molar-refractivity contribution < 1.29 is 32.9 Å². The number of nitrogens with zero attached hydrogens (tertiary/aromatic N) is 1. The maximum absolute atomic E-state index is 13.1. The summed E-state index contributed by atoms with van der Waals surface area (Å²) in [6.07, 6.45) is 84.6. The summed E-state index contributed by atoms with van der Waals surface area (Å²) < 4.78 is 23.6. The van der Waals surface area contributed by atoms with E-state index in [4.69, 9.17) is 9.05 Å². The molecule has 3 unspecified atom stereocenters. The van der Waals surface area contributed by atoms with E-state index in [0.29, 0.717) is 23.9 Å². The second-order valence-corrected chi connectivity index (χ2v) is 28.8. The van der Waals surface area contributed by atoms with E-state index in [9.17, 15) is 19.4 Å². The number of aliphatic hydroxyl groups excluding tert-OH is 1. The van der Waals surface area contributed by atoms with E-state index in [0.717, 1.165) is 38.5 Å². The van der Waals surface area contributed by atoms with Gasteiger partial charge in [-0.25, -0.2) is 0 Å². The zero-order valence-electron chi connectivity index (χ0n) is 56.9. The molecule has 496 valence electrons. The van der Waals surface area contributed by atoms with Gasteiger partial charge in [0, 0.05) is 6.42 Å². The van der Waals surface area contributed by atoms with Gasteiger partial charge in [-0.3, -0.25) is 9.36 Å². The van der Waals surface area contributed by atoms with Crippen molar-refractivity contribution in [2.45, 2.75) is 418 Å². The number of carbonyl (C=O) groups excluding carboxylic acids is 1. The molecule has 0 aromatic rings. The third-order valence-corrected chi connectivity index (χ3v) is 18.7. The molecule has 1 amide bonds. The fourth-order valence-corrected chi connectivity index (χ4v) is 12.6. The fourth-order valence-electron chi connectivity index (χ4n) is 11.9. The molecule has 0 aromatic carbocycles. The number of hydrogen-bond acceptors (Lipinski definition) is 6. The number of rotatable bonds is 71. The van der Waals surface area contributed by atoms with Crippen molar-refractivity contribution >= 4 is 13.7 Å². The van der Waals surface area contributed by atoms with E-state index in [1.54, 1.807) is 0 Å². The molecule has 0 aliphatic carbocycles. The Labute approximate surface area is 520 Å². The molecule has 0 rings (SSSR count). The van der Waals surface area contributed by atoms with Gasteiger partial charge in [-0.15, -0.1) is 0 Å². The smallest absolute Gasteiger partial charge is 0.268 e. The Hall–Kier alpha value is -0.760. The second kappa shape index (κ2) is 65.7. The van der Waals surface area contributed by atoms with Crippen LogP contribution in [0.25, 0.3) is 0 Å². The number of aliphatic hydroxyl groups is 1. The highest BCUT2D eigenvalue weighted by Gasteiger charge is 2.24. The lowest BCUT2D eigenvalue weighted by atomic mass is 10.0. The van der Waals surface area contributed by atoms with E-state index < -0.39 is 20.0 Å². The van der Waals surface area contributed by atoms with Gasteiger partial charge >= 0.3 is 0 Å². The van der Waals surface area contributed by atoms with E-state index in [1.165, 1.54) is 340 Å². The van der Waals surface area contributed by atoms with Gasteiger partial charge in [0.15, 0.2) is 0 Å². The van der Waals surface area contributed by atoms with Gasteiger partial charge in [0.1, 0.15) is 13.2 Å². The van der Waals surface area contributed by atoms with Gasteiger partial charge in [0.2, 0.25) is 5.91 Å². The van der Waals surface area contributed by atoms with Crippen LogP contribution in [-0.2, 0) is 18.4 Å². The van der Waals surface area contributed by atoms with Crippen LogP contribution in [0.3, 0.4) is 0 Å². The first-order valence-electron chi connectivity index (χ1n) is 37.5. The number of carbonyl (C=O) groups is 1. The van der Waals surface area contributed by atoms with Crippen LogP contribution in [-0.4, -0.2) is 68.5 Å². The number of phosphoric acid groups is 1. The lowest BCUT2D eigenvalue weighted by Gasteiger charge is -2.30. The van der Waals surface area contributed by atoms with Crippen LogP contribution in [0.4, 0.5) is 0 Å². The number of likely N-dealkylation sites (N-methyl/N-ethyl adjacent to an activating group) is 1. The van der Waals surface area contributed by atoms with Crippen LogP contribution >= 0.6 is 7.82 Å². The van der Waals surface area contributed by atoms with Gasteiger partial charge in [0.25, 0.3) is 7.82 Å². The molecule has 0 fully saturated rings. The Kier molecular flexibility index (Phi) is 65.1. The molecule has 0 saturated carbocycles. The van der Waals surface area contributed by atoms with Gasteiger partial charge in [0.05, 0.1) is 39.9 Å². The first-order valence-corrected chi connectivity index (χ1v) is 39.0. The Bertz CT molecular complexity index is 1360. The molecule has 0 aromatic heterocycles. The van der Waals surface area contributed by atoms with Crippen molar-refractivity contribution in [1.82, 2.24) is 5.32 Å². The minimum Gasteiger partial charge on any atom is -0.756 e. The normalized spacial score (nSPS) is 13.6. The average Bonchev–Trinajstić information content (AvgIpc) is 3.49. The van der Waals surface area contributed by atoms with Gasteiger partial charge in [-0.2, -0.15) is 0 Å². The zero-order chi connectivity index (χ0) is 60.5. The molecule has 8 nitrogen and oxygen atoms in total. The summed E-state index contributed by atoms with van der Waals surface area (Å²) in [5.41, 5.74) is 0. The number of unbranched alkanes of at least 4 members (excludes halogenated alkanes) is 56. The fraction of sp³-hybridized carbons (Fsp3) is 0.959. The molecule has 0 saturated heterocycles. The zero-order valence-corrected chi connectivity index (χ0v) is 57.8. The van der Waals surface area contributed by atoms with Crippen LogP contribution < -0.4 is 10.2 Å². The van der Waals surface area contributed by atoms with Crippen molar-refractivity contribution in [3.8, 4) is 0 Å². The van der Waals surface area contributed by atoms with Crippen molar-refractivity contribution in [2.24, 2.45) is 0 Å². The number of phosphoric ester groups is 1. The number of amides is 1. The molecule has 0 aliphatic rings. The summed E-state index contributed by atoms with van der Waals surface area (Å²) in [4.78, 5) is 25.7. The highest BCUT2D eigenvalue weighted by atomic mass is 31.2. The van der Waals surface area contributed by atoms with Crippen LogP contribution in [0.5, 0.6) is 0 Å². The molecule has 9 heteroatoms. The maximum atomic E-state index is 13.1. The number of allylic oxidation sites excluding steroid dienone is 2. The first kappa shape index (κ1) is 82.2. The number of nitrogens with one attached hydrogen (secondary N) is 1. The summed E-state index contributed by atoms with van der Waals surface area (Å²) in [6.45, 7) is 4.80. The predicted molar refractivity (Wildman–Crippen MR) is 362 cm³/mol. The molecule has 0 heterocycles. The summed E-state index contributed by atoms with van der Waals surface area (Å²) >= 11 is 0. The van der Waals surface area contributed by atoms with E-state index >= 15 is 0 Å². The molecule has 0 radical (unpaired) electrons. The lowest BCUT2D eigenvalue weighted by Crippen LogP contribution is -2.46. The lowest BCUT2D eigenvalue weighted by molar-refractivity contribution is -0.870. The maximum Gasteiger partial charge on any atom is 0.268 e. The average molecular weight is 1190 g/mol. The summed E-state index contributed by atoms with van der Waals surface area (Å²) in [7, 11) is 1.33. The van der Waals surface area contributed by atoms with Gasteiger partial charge < -0.3 is 28.8 Å². The molecule has 3 atom stereocenters. The molecule has 83 heavy (non-hydrogen) atoms. The summed E-state index contributed by atoms with van der Waals surface area (Å²) in [5.74, 6) is -0.154. The Morgan fingerprint density at radius 2 is 0.663 bits per heavy atom. The highest BCUT2D eigenvalue weighted by molar-refractivity contribution is 7.45. The monoisotopic (exact) mass is 1190 g/mol. The largest absolute Gasteiger partial charge is 0.756 e. The predicted octanol–water partition coefficient (Wildman–Crippen LogP) is 23.4. The summed E-state index contributed by atoms with van der Waals surface area (Å²) in [6, 6.07) is -0.799. The van der Waals surface area contributed by atoms with Crippen LogP contribution in [0.1, 0.15) is 406 Å². The standard InChI is InChI=1S/C74H149N2O6P/c1-6-8-10-12-14-16-18-20-22-24-26-28-30-32-34-36-37-38-39-40-42-44-46-48-50-52-54-56-58-60-62-64-66-68-74(78)75-72(71-82-83(79,80)81-70-69-76(3,4)5)73(77)67-65-63-61-59-57-55-53-51-49-47-45-43-41-35-33-31-29-27-25-23-21-19-17-15-13-11-9-7-2/h24,26,72-73,77H,6-23,25,27-71H2,1-5H3,(H-,75,78,79,80)/b26-24-. The highest BCUT2D eigenvalue weighted by Crippen LogP contribution is 2.38. The van der Waals surface area contributed by atoms with Gasteiger partial charge in [-0.05, 0) is 38.5 Å². The van der Waals surface area contributed by atoms with Crippen molar-refractivity contribution in [3.63, 3.8) is 0 Å². The van der Waals surface area contributed by atoms with Crippen LogP contribution in [0, 0.1) is 0 Å². The van der Waals surface area contributed by atoms with Crippen molar-refractivity contribution in [2.75, 3.05) is 40.9 Å². The molecule has 0 aliphatic heterocycles. The Balaban J connectivity index is 3.94. The second-order valence-electron chi connectivity index (χ2n) is 27.4. The van der Waals surface area contributed by atoms with Crippen LogP contribution in [0.15, 0.2) is 12.2 Å². The van der Waals surface area contributed by atoms with E-state index in [1.807, 2.05) is 21.1 Å². The van der Waals surface area contributed by atoms with Crippen molar-refractivity contribution in [1.29, 1.82) is 0 Å². The van der Waals surface area contributed by atoms with Gasteiger partial charge in [-0.1, -0.05) is 373 Å². The molecule has 2 N–H and O–H groups in total. The van der Waals surface area contributed by atoms with E-state index in [-0.39, 0.29) is 19.1 Å². The quantitative estimate of drug-likeness (QED) is 0.0272. The number of hydrogen-bond donors (Lipinski definition) is 2. The SMILES string of the molecule is CCCCCCCCCC/C=C\CCCCCCCCCCCCCCCCCCCCCCCC(=O)NC(COP(=O)([O-])OCC[N+](C)(C)C)C(O)CCCCCCCCCCCCCCCCCCCCCCCCCCCCCC. The summed E-state index contributed by atoms with van der Waals surface area (Å²) in [5, 5.41) is 14.1. The Morgan fingerprint density at radius 3 is 0.940 bits per heavy atom. The van der Waals surface area contributed by atoms with E-state index in [2.05, 4.69) is 31.3 Å². The number of quaternary nitrogens is 1. The first-order chi connectivity index (χ1) is 40.5. The molecular weight excluding hydrogens is 1040 g/mol. The third-order valence-electron chi connectivity index (χ3n) is 17.8. The molecular formula is C74H149N2O6P. The Morgan fingerprint density at radius 1 is 0.410 bits per heavy atom. The third kappa shape index (κ3) is 68.6. The van der Waals surface area contributed by atoms with Crippen LogP contribution in [0.2, 0.25) is 0 Å².